The van der Waals surface area contributed by atoms with Crippen molar-refractivity contribution in [1.29, 1.82) is 0 Å². The van der Waals surface area contributed by atoms with E-state index in [0.29, 0.717) is 11.9 Å². The lowest BCUT2D eigenvalue weighted by Crippen LogP contribution is -2.35. The predicted molar refractivity (Wildman–Crippen MR) is 90.6 cm³/mol. The van der Waals surface area contributed by atoms with Gasteiger partial charge in [-0.15, -0.1) is 0 Å². The summed E-state index contributed by atoms with van der Waals surface area (Å²) < 4.78 is 0. The summed E-state index contributed by atoms with van der Waals surface area (Å²) in [6, 6.07) is 0.322. The molecule has 0 radical (unpaired) electrons. The van der Waals surface area contributed by atoms with Crippen LogP contribution in [0.15, 0.2) is 0 Å². The van der Waals surface area contributed by atoms with Crippen molar-refractivity contribution >= 4 is 35.7 Å². The van der Waals surface area contributed by atoms with Gasteiger partial charge >= 0.3 is 0 Å². The van der Waals surface area contributed by atoms with Gasteiger partial charge in [0, 0.05) is 12.1 Å². The molecule has 1 saturated carbocycles. The van der Waals surface area contributed by atoms with Crippen LogP contribution in [-0.4, -0.2) is 42.0 Å². The Bertz CT molecular complexity index is 619. The van der Waals surface area contributed by atoms with Gasteiger partial charge in [-0.2, -0.15) is 29.9 Å². The lowest BCUT2D eigenvalue weighted by Gasteiger charge is -2.30. The predicted octanol–water partition coefficient (Wildman–Crippen LogP) is -0.779. The van der Waals surface area contributed by atoms with Crippen molar-refractivity contribution in [3.05, 3.63) is 0 Å². The average Bonchev–Trinajstić information content (AvgIpc) is 2.45. The number of nitrogens with one attached hydrogen (secondary N) is 2. The SMILES string of the molecule is Nc1nc(N)nc(NC2CCCC(Nc3nc(N)nc(N)n3)C2)n1. The minimum absolute atomic E-state index is 0.0895. The number of nitrogens with zero attached hydrogens (tertiary/aromatic N) is 6. The number of nitrogen functional groups attached to an aromatic ring is 4. The van der Waals surface area contributed by atoms with Crippen LogP contribution in [0.1, 0.15) is 25.7 Å². The van der Waals surface area contributed by atoms with Gasteiger partial charge in [0.05, 0.1) is 0 Å². The number of hydrogen-bond donors (Lipinski definition) is 6. The van der Waals surface area contributed by atoms with Crippen LogP contribution in [-0.2, 0) is 0 Å². The van der Waals surface area contributed by atoms with Crippen molar-refractivity contribution in [3.63, 3.8) is 0 Å². The molecule has 24 heavy (non-hydrogen) atoms. The maximum atomic E-state index is 5.58. The molecule has 0 bridgehead atoms. The number of rotatable bonds is 4. The molecule has 0 saturated heterocycles. The van der Waals surface area contributed by atoms with E-state index in [1.54, 1.807) is 0 Å². The molecule has 0 aromatic carbocycles. The summed E-state index contributed by atoms with van der Waals surface area (Å²) in [5.41, 5.74) is 22.3. The molecule has 12 nitrogen and oxygen atoms in total. The highest BCUT2D eigenvalue weighted by Gasteiger charge is 2.23. The van der Waals surface area contributed by atoms with Gasteiger partial charge in [-0.05, 0) is 25.7 Å². The molecule has 0 amide bonds. The van der Waals surface area contributed by atoms with Crippen molar-refractivity contribution in [2.45, 2.75) is 37.8 Å². The van der Waals surface area contributed by atoms with E-state index in [1.807, 2.05) is 0 Å². The van der Waals surface area contributed by atoms with E-state index >= 15 is 0 Å². The van der Waals surface area contributed by atoms with Crippen LogP contribution >= 0.6 is 0 Å². The number of hydrogen-bond acceptors (Lipinski definition) is 12. The van der Waals surface area contributed by atoms with Crippen LogP contribution in [0.3, 0.4) is 0 Å². The minimum atomic E-state index is 0.0895. The molecule has 0 spiro atoms. The Morgan fingerprint density at radius 1 is 0.625 bits per heavy atom. The maximum Gasteiger partial charge on any atom is 0.229 e. The summed E-state index contributed by atoms with van der Waals surface area (Å²) in [5.74, 6) is 1.11. The molecule has 2 heterocycles. The lowest BCUT2D eigenvalue weighted by molar-refractivity contribution is 0.425. The van der Waals surface area contributed by atoms with Crippen LogP contribution in [0.2, 0.25) is 0 Å². The maximum absolute atomic E-state index is 5.58. The molecule has 3 rings (SSSR count). The van der Waals surface area contributed by atoms with Gasteiger partial charge in [-0.3, -0.25) is 0 Å². The quantitative estimate of drug-likeness (QED) is 0.407. The molecule has 10 N–H and O–H groups in total. The molecule has 1 aliphatic rings. The van der Waals surface area contributed by atoms with Crippen molar-refractivity contribution in [3.8, 4) is 0 Å². The van der Waals surface area contributed by atoms with Crippen LogP contribution < -0.4 is 33.6 Å². The first-order valence-corrected chi connectivity index (χ1v) is 7.55. The van der Waals surface area contributed by atoms with Gasteiger partial charge in [0.1, 0.15) is 0 Å². The summed E-state index contributed by atoms with van der Waals surface area (Å²) in [5, 5.41) is 6.47. The zero-order valence-corrected chi connectivity index (χ0v) is 13.0. The monoisotopic (exact) mass is 332 g/mol. The van der Waals surface area contributed by atoms with Crippen molar-refractivity contribution in [1.82, 2.24) is 29.9 Å². The van der Waals surface area contributed by atoms with Gasteiger partial charge in [0.25, 0.3) is 0 Å². The Labute approximate surface area is 137 Å². The first-order valence-electron chi connectivity index (χ1n) is 7.55. The third kappa shape index (κ3) is 3.97. The van der Waals surface area contributed by atoms with Crippen LogP contribution in [0.25, 0.3) is 0 Å². The lowest BCUT2D eigenvalue weighted by atomic mass is 9.91. The van der Waals surface area contributed by atoms with Crippen molar-refractivity contribution in [2.75, 3.05) is 33.6 Å². The molecule has 2 aromatic heterocycles. The van der Waals surface area contributed by atoms with Crippen molar-refractivity contribution < 1.29 is 0 Å². The van der Waals surface area contributed by atoms with E-state index in [9.17, 15) is 0 Å². The fourth-order valence-electron chi connectivity index (χ4n) is 2.76. The zero-order valence-electron chi connectivity index (χ0n) is 13.0. The highest BCUT2D eigenvalue weighted by molar-refractivity contribution is 5.39. The van der Waals surface area contributed by atoms with Crippen molar-refractivity contribution in [2.24, 2.45) is 0 Å². The third-order valence-corrected chi connectivity index (χ3v) is 3.68. The molecule has 12 heteroatoms. The first kappa shape index (κ1) is 15.7. The number of aromatic nitrogens is 6. The molecule has 1 fully saturated rings. The highest BCUT2D eigenvalue weighted by atomic mass is 15.2. The van der Waals surface area contributed by atoms with E-state index in [-0.39, 0.29) is 35.9 Å². The molecule has 2 atom stereocenters. The Kier molecular flexibility index (Phi) is 4.26. The second kappa shape index (κ2) is 6.52. The molecule has 0 aliphatic heterocycles. The van der Waals surface area contributed by atoms with Gasteiger partial charge in [0.2, 0.25) is 35.7 Å². The molecule has 2 unspecified atom stereocenters. The highest BCUT2D eigenvalue weighted by Crippen LogP contribution is 2.23. The smallest absolute Gasteiger partial charge is 0.229 e. The largest absolute Gasteiger partial charge is 0.368 e. The van der Waals surface area contributed by atoms with Gasteiger partial charge in [0.15, 0.2) is 0 Å². The third-order valence-electron chi connectivity index (χ3n) is 3.68. The number of nitrogens with two attached hydrogens (primary N) is 4. The summed E-state index contributed by atoms with van der Waals surface area (Å²) in [6.07, 6.45) is 3.79. The standard InChI is InChI=1S/C12H20N12/c13-7-19-8(14)22-11(21-7)17-5-2-1-3-6(4-5)18-12-23-9(15)20-10(16)24-12/h5-6H,1-4H2,(H5,13,14,17,19,21,22)(H5,15,16,18,20,23,24). The van der Waals surface area contributed by atoms with Crippen LogP contribution in [0.4, 0.5) is 35.7 Å². The second-order valence-corrected chi connectivity index (χ2v) is 5.60. The van der Waals surface area contributed by atoms with E-state index in [4.69, 9.17) is 22.9 Å². The average molecular weight is 332 g/mol. The van der Waals surface area contributed by atoms with Crippen LogP contribution in [0, 0.1) is 0 Å². The molecular formula is C12H20N12. The topological polar surface area (TPSA) is 205 Å². The van der Waals surface area contributed by atoms with E-state index in [1.165, 1.54) is 0 Å². The Hall–Kier alpha value is -3.18. The second-order valence-electron chi connectivity index (χ2n) is 5.60. The molecule has 1 aliphatic carbocycles. The number of anilines is 6. The zero-order chi connectivity index (χ0) is 17.1. The van der Waals surface area contributed by atoms with Crippen LogP contribution in [0.5, 0.6) is 0 Å². The summed E-state index contributed by atoms with van der Waals surface area (Å²) >= 11 is 0. The Morgan fingerprint density at radius 3 is 1.38 bits per heavy atom. The minimum Gasteiger partial charge on any atom is -0.368 e. The van der Waals surface area contributed by atoms with Gasteiger partial charge in [-0.1, -0.05) is 0 Å². The van der Waals surface area contributed by atoms with Gasteiger partial charge in [-0.25, -0.2) is 0 Å². The molecular weight excluding hydrogens is 312 g/mol. The molecule has 128 valence electrons. The van der Waals surface area contributed by atoms with E-state index in [2.05, 4.69) is 40.5 Å². The summed E-state index contributed by atoms with van der Waals surface area (Å²) in [7, 11) is 0. The normalized spacial score (nSPS) is 20.5. The fourth-order valence-corrected chi connectivity index (χ4v) is 2.76. The fraction of sp³-hybridized carbons (Fsp3) is 0.500. The Morgan fingerprint density at radius 2 is 1.00 bits per heavy atom. The summed E-state index contributed by atoms with van der Waals surface area (Å²) in [4.78, 5) is 23.7. The Balaban J connectivity index is 1.63. The molecule has 2 aromatic rings. The van der Waals surface area contributed by atoms with E-state index in [0.717, 1.165) is 25.7 Å². The summed E-state index contributed by atoms with van der Waals surface area (Å²) in [6.45, 7) is 0. The van der Waals surface area contributed by atoms with Gasteiger partial charge < -0.3 is 33.6 Å². The first-order chi connectivity index (χ1) is 11.5. The van der Waals surface area contributed by atoms with E-state index < -0.39 is 0 Å².